The van der Waals surface area contributed by atoms with Gasteiger partial charge in [-0.25, -0.2) is 0 Å². The van der Waals surface area contributed by atoms with Crippen molar-refractivity contribution in [2.75, 3.05) is 13.2 Å². The van der Waals surface area contributed by atoms with Gasteiger partial charge in [-0.2, -0.15) is 0 Å². The molecule has 0 saturated heterocycles. The molecule has 1 unspecified atom stereocenters. The molecule has 156 valence electrons. The van der Waals surface area contributed by atoms with Gasteiger partial charge in [0.25, 0.3) is 0 Å². The van der Waals surface area contributed by atoms with Gasteiger partial charge in [-0.15, -0.1) is 0 Å². The van der Waals surface area contributed by atoms with E-state index in [0.29, 0.717) is 44.9 Å². The summed E-state index contributed by atoms with van der Waals surface area (Å²) in [6.45, 7) is -0.0801. The van der Waals surface area contributed by atoms with Crippen LogP contribution < -0.4 is 0 Å². The van der Waals surface area contributed by atoms with E-state index in [1.54, 1.807) is 0 Å². The van der Waals surface area contributed by atoms with Crippen LogP contribution in [0.5, 0.6) is 0 Å². The predicted molar refractivity (Wildman–Crippen MR) is 94.0 cm³/mol. The standard InChI is InChI=1S/C18H30O9/c19-12-6-5-7-14(27-18(25)11-4-2-9-16(22)23)13-26-17(24)10-3-1-8-15(20)21/h14,19H,1-13H2,(H,20,21)(H,22,23). The monoisotopic (exact) mass is 390 g/mol. The van der Waals surface area contributed by atoms with Crippen LogP contribution in [0.3, 0.4) is 0 Å². The van der Waals surface area contributed by atoms with Gasteiger partial charge in [-0.1, -0.05) is 0 Å². The van der Waals surface area contributed by atoms with Crippen LogP contribution in [-0.2, 0) is 28.7 Å². The molecule has 0 aromatic heterocycles. The van der Waals surface area contributed by atoms with Crippen molar-refractivity contribution in [2.24, 2.45) is 0 Å². The van der Waals surface area contributed by atoms with Crippen LogP contribution in [0.15, 0.2) is 0 Å². The lowest BCUT2D eigenvalue weighted by atomic mass is 10.1. The zero-order valence-electron chi connectivity index (χ0n) is 15.6. The summed E-state index contributed by atoms with van der Waals surface area (Å²) in [5.41, 5.74) is 0. The smallest absolute Gasteiger partial charge is 0.306 e. The van der Waals surface area contributed by atoms with Gasteiger partial charge >= 0.3 is 23.9 Å². The van der Waals surface area contributed by atoms with Crippen molar-refractivity contribution in [2.45, 2.75) is 76.7 Å². The second-order valence-corrected chi connectivity index (χ2v) is 6.22. The molecule has 0 aromatic carbocycles. The summed E-state index contributed by atoms with van der Waals surface area (Å²) in [4.78, 5) is 44.3. The van der Waals surface area contributed by atoms with E-state index < -0.39 is 30.0 Å². The summed E-state index contributed by atoms with van der Waals surface area (Å²) < 4.78 is 10.4. The molecule has 0 fully saturated rings. The van der Waals surface area contributed by atoms with E-state index in [2.05, 4.69) is 0 Å². The number of carboxylic acid groups (broad SMARTS) is 2. The largest absolute Gasteiger partial charge is 0.481 e. The van der Waals surface area contributed by atoms with Crippen molar-refractivity contribution in [3.8, 4) is 0 Å². The molecule has 0 radical (unpaired) electrons. The maximum absolute atomic E-state index is 11.8. The number of esters is 2. The zero-order chi connectivity index (χ0) is 20.5. The van der Waals surface area contributed by atoms with Crippen molar-refractivity contribution >= 4 is 23.9 Å². The molecule has 0 aliphatic heterocycles. The minimum absolute atomic E-state index is 0.00342. The number of carbonyl (C=O) groups is 4. The third kappa shape index (κ3) is 17.0. The molecule has 0 aliphatic carbocycles. The summed E-state index contributed by atoms with van der Waals surface area (Å²) in [5, 5.41) is 25.9. The summed E-state index contributed by atoms with van der Waals surface area (Å²) in [7, 11) is 0. The number of ether oxygens (including phenoxy) is 2. The Labute approximate surface area is 158 Å². The molecule has 1 atom stereocenters. The summed E-state index contributed by atoms with van der Waals surface area (Å²) in [6, 6.07) is 0. The predicted octanol–water partition coefficient (Wildman–Crippen LogP) is 1.89. The van der Waals surface area contributed by atoms with Crippen molar-refractivity contribution in [1.82, 2.24) is 0 Å². The Morgan fingerprint density at radius 1 is 0.704 bits per heavy atom. The van der Waals surface area contributed by atoms with Gasteiger partial charge in [0.2, 0.25) is 0 Å². The first-order valence-electron chi connectivity index (χ1n) is 9.24. The molecule has 0 aliphatic rings. The van der Waals surface area contributed by atoms with E-state index in [1.807, 2.05) is 0 Å². The lowest BCUT2D eigenvalue weighted by Crippen LogP contribution is -2.25. The summed E-state index contributed by atoms with van der Waals surface area (Å²) in [5.74, 6) is -2.79. The van der Waals surface area contributed by atoms with Gasteiger partial charge in [-0.3, -0.25) is 19.2 Å². The highest BCUT2D eigenvalue weighted by molar-refractivity contribution is 5.71. The highest BCUT2D eigenvalue weighted by Crippen LogP contribution is 2.10. The van der Waals surface area contributed by atoms with Crippen molar-refractivity contribution in [1.29, 1.82) is 0 Å². The maximum Gasteiger partial charge on any atom is 0.306 e. The SMILES string of the molecule is O=C(O)CCCCC(=O)OCC(CCCCO)OC(=O)CCCCC(=O)O. The van der Waals surface area contributed by atoms with Crippen molar-refractivity contribution in [3.63, 3.8) is 0 Å². The van der Waals surface area contributed by atoms with Crippen LogP contribution >= 0.6 is 0 Å². The van der Waals surface area contributed by atoms with Crippen LogP contribution in [0.25, 0.3) is 0 Å². The van der Waals surface area contributed by atoms with Gasteiger partial charge < -0.3 is 24.8 Å². The number of hydrogen-bond donors (Lipinski definition) is 3. The highest BCUT2D eigenvalue weighted by atomic mass is 16.6. The second-order valence-electron chi connectivity index (χ2n) is 6.22. The summed E-state index contributed by atoms with van der Waals surface area (Å²) >= 11 is 0. The first kappa shape index (κ1) is 24.8. The molecule has 27 heavy (non-hydrogen) atoms. The van der Waals surface area contributed by atoms with E-state index in [4.69, 9.17) is 24.8 Å². The number of rotatable bonds is 17. The second kappa shape index (κ2) is 16.0. The van der Waals surface area contributed by atoms with Crippen LogP contribution in [0.4, 0.5) is 0 Å². The van der Waals surface area contributed by atoms with E-state index in [0.717, 1.165) is 0 Å². The van der Waals surface area contributed by atoms with Crippen LogP contribution in [0, 0.1) is 0 Å². The van der Waals surface area contributed by atoms with Gasteiger partial charge in [0, 0.05) is 32.3 Å². The number of aliphatic hydroxyl groups excluding tert-OH is 1. The molecule has 0 bridgehead atoms. The number of carboxylic acids is 2. The fraction of sp³-hybridized carbons (Fsp3) is 0.778. The van der Waals surface area contributed by atoms with E-state index in [-0.39, 0.29) is 38.9 Å². The average Bonchev–Trinajstić information content (AvgIpc) is 2.60. The first-order chi connectivity index (χ1) is 12.8. The fourth-order valence-electron chi connectivity index (χ4n) is 2.25. The molecule has 0 spiro atoms. The van der Waals surface area contributed by atoms with Crippen LogP contribution in [0.2, 0.25) is 0 Å². The van der Waals surface area contributed by atoms with E-state index in [9.17, 15) is 19.2 Å². The Hall–Kier alpha value is -2.16. The highest BCUT2D eigenvalue weighted by Gasteiger charge is 2.17. The third-order valence-electron chi connectivity index (χ3n) is 3.71. The van der Waals surface area contributed by atoms with Crippen LogP contribution in [-0.4, -0.2) is 58.5 Å². The number of aliphatic carboxylic acids is 2. The van der Waals surface area contributed by atoms with Gasteiger partial charge in [-0.05, 0) is 44.9 Å². The normalized spacial score (nSPS) is 11.6. The molecular formula is C18H30O9. The van der Waals surface area contributed by atoms with Gasteiger partial charge in [0.05, 0.1) is 0 Å². The Bertz CT molecular complexity index is 462. The molecule has 9 heteroatoms. The lowest BCUT2D eigenvalue weighted by molar-refractivity contribution is -0.159. The average molecular weight is 390 g/mol. The molecule has 9 nitrogen and oxygen atoms in total. The molecule has 0 amide bonds. The summed E-state index contributed by atoms with van der Waals surface area (Å²) in [6.07, 6.45) is 2.71. The minimum atomic E-state index is -0.916. The lowest BCUT2D eigenvalue weighted by Gasteiger charge is -2.18. The molecule has 0 aromatic rings. The number of aliphatic hydroxyl groups is 1. The fourth-order valence-corrected chi connectivity index (χ4v) is 2.25. The molecule has 3 N–H and O–H groups in total. The Morgan fingerprint density at radius 3 is 1.74 bits per heavy atom. The quantitative estimate of drug-likeness (QED) is 0.250. The topological polar surface area (TPSA) is 147 Å². The maximum atomic E-state index is 11.8. The zero-order valence-corrected chi connectivity index (χ0v) is 15.6. The number of carbonyl (C=O) groups excluding carboxylic acids is 2. The third-order valence-corrected chi connectivity index (χ3v) is 3.71. The van der Waals surface area contributed by atoms with E-state index >= 15 is 0 Å². The Balaban J connectivity index is 4.17. The van der Waals surface area contributed by atoms with Crippen LogP contribution in [0.1, 0.15) is 70.6 Å². The van der Waals surface area contributed by atoms with Crippen molar-refractivity contribution < 1.29 is 44.0 Å². The number of hydrogen-bond acceptors (Lipinski definition) is 7. The molecule has 0 heterocycles. The van der Waals surface area contributed by atoms with Gasteiger partial charge in [0.1, 0.15) is 12.7 Å². The molecule has 0 saturated carbocycles. The molecular weight excluding hydrogens is 360 g/mol. The Morgan fingerprint density at radius 2 is 1.22 bits per heavy atom. The van der Waals surface area contributed by atoms with Gasteiger partial charge in [0.15, 0.2) is 0 Å². The minimum Gasteiger partial charge on any atom is -0.481 e. The van der Waals surface area contributed by atoms with Crippen molar-refractivity contribution in [3.05, 3.63) is 0 Å². The molecule has 0 rings (SSSR count). The number of unbranched alkanes of at least 4 members (excludes halogenated alkanes) is 3. The Kier molecular flexibility index (Phi) is 14.8. The van der Waals surface area contributed by atoms with E-state index in [1.165, 1.54) is 0 Å². The first-order valence-corrected chi connectivity index (χ1v) is 9.24.